The molecule has 2 heterocycles. The summed E-state index contributed by atoms with van der Waals surface area (Å²) in [4.78, 5) is 15.8. The number of aryl methyl sites for hydroxylation is 1. The van der Waals surface area contributed by atoms with Crippen molar-refractivity contribution in [2.75, 3.05) is 25.1 Å². The average molecular weight is 426 g/mol. The molecule has 5 nitrogen and oxygen atoms in total. The number of carbonyl (C=O) groups is 1. The van der Waals surface area contributed by atoms with Gasteiger partial charge in [0, 0.05) is 18.7 Å². The van der Waals surface area contributed by atoms with Crippen molar-refractivity contribution in [1.82, 2.24) is 5.01 Å². The van der Waals surface area contributed by atoms with Gasteiger partial charge in [0.25, 0.3) is 5.91 Å². The maximum atomic E-state index is 13.6. The van der Waals surface area contributed by atoms with Crippen molar-refractivity contribution in [1.29, 1.82) is 0 Å². The Morgan fingerprint density at radius 2 is 1.75 bits per heavy atom. The van der Waals surface area contributed by atoms with Crippen LogP contribution in [0.4, 0.5) is 5.69 Å². The first-order valence-electron chi connectivity index (χ1n) is 11.1. The highest BCUT2D eigenvalue weighted by molar-refractivity contribution is 6.03. The minimum absolute atomic E-state index is 0.0217. The van der Waals surface area contributed by atoms with Gasteiger partial charge in [-0.15, -0.1) is 0 Å². The van der Waals surface area contributed by atoms with Crippen molar-refractivity contribution in [3.05, 3.63) is 95.6 Å². The second kappa shape index (κ2) is 8.87. The lowest BCUT2D eigenvalue weighted by atomic mass is 9.98. The molecule has 5 rings (SSSR count). The lowest BCUT2D eigenvalue weighted by molar-refractivity contribution is -0.131. The highest BCUT2D eigenvalue weighted by Crippen LogP contribution is 2.34. The number of rotatable bonds is 5. The zero-order chi connectivity index (χ0) is 21.9. The number of para-hydroxylation sites is 1. The summed E-state index contributed by atoms with van der Waals surface area (Å²) >= 11 is 0. The van der Waals surface area contributed by atoms with Crippen LogP contribution in [0.2, 0.25) is 0 Å². The molecule has 0 saturated carbocycles. The number of amides is 1. The molecule has 2 aliphatic heterocycles. The number of fused-ring (bicyclic) bond motifs is 1. The van der Waals surface area contributed by atoms with E-state index >= 15 is 0 Å². The number of hydrazone groups is 1. The quantitative estimate of drug-likeness (QED) is 0.588. The Bertz CT molecular complexity index is 1130. The van der Waals surface area contributed by atoms with E-state index < -0.39 is 0 Å². The van der Waals surface area contributed by atoms with E-state index in [9.17, 15) is 4.79 Å². The topological polar surface area (TPSA) is 45.1 Å². The van der Waals surface area contributed by atoms with Crippen molar-refractivity contribution >= 4 is 17.3 Å². The van der Waals surface area contributed by atoms with E-state index in [2.05, 4.69) is 35.2 Å². The molecule has 0 aromatic heterocycles. The van der Waals surface area contributed by atoms with Gasteiger partial charge in [-0.05, 0) is 47.7 Å². The van der Waals surface area contributed by atoms with E-state index in [1.54, 1.807) is 12.1 Å². The first-order chi connectivity index (χ1) is 15.7. The number of ether oxygens (including phenoxy) is 1. The number of hydrogen-bond acceptors (Lipinski definition) is 4. The van der Waals surface area contributed by atoms with Crippen LogP contribution in [-0.2, 0) is 11.2 Å². The van der Waals surface area contributed by atoms with E-state index in [0.29, 0.717) is 13.0 Å². The molecule has 1 atom stereocenters. The summed E-state index contributed by atoms with van der Waals surface area (Å²) < 4.78 is 5.31. The van der Waals surface area contributed by atoms with Gasteiger partial charge < -0.3 is 9.64 Å². The first-order valence-corrected chi connectivity index (χ1v) is 11.1. The first kappa shape index (κ1) is 20.3. The summed E-state index contributed by atoms with van der Waals surface area (Å²) in [7, 11) is 1.66. The Balaban J connectivity index is 1.43. The largest absolute Gasteiger partial charge is 0.497 e. The van der Waals surface area contributed by atoms with Crippen molar-refractivity contribution < 1.29 is 9.53 Å². The van der Waals surface area contributed by atoms with Crippen LogP contribution >= 0.6 is 0 Å². The minimum Gasteiger partial charge on any atom is -0.497 e. The molecule has 0 N–H and O–H groups in total. The van der Waals surface area contributed by atoms with E-state index in [4.69, 9.17) is 9.84 Å². The molecule has 3 aromatic rings. The second-order valence-electron chi connectivity index (χ2n) is 8.30. The number of carbonyl (C=O) groups excluding carboxylic acids is 1. The average Bonchev–Trinajstić information content (AvgIpc) is 3.31. The number of nitrogens with zero attached hydrogens (tertiary/aromatic N) is 3. The number of anilines is 1. The third-order valence-corrected chi connectivity index (χ3v) is 6.31. The Kier molecular flexibility index (Phi) is 5.63. The summed E-state index contributed by atoms with van der Waals surface area (Å²) in [5.74, 6) is 0.826. The molecule has 1 unspecified atom stereocenters. The molecule has 3 aromatic carbocycles. The Labute approximate surface area is 188 Å². The van der Waals surface area contributed by atoms with Gasteiger partial charge in [-0.3, -0.25) is 4.79 Å². The zero-order valence-electron chi connectivity index (χ0n) is 18.3. The third kappa shape index (κ3) is 3.98. The van der Waals surface area contributed by atoms with Crippen molar-refractivity contribution in [3.8, 4) is 5.75 Å². The Hall–Kier alpha value is -3.60. The zero-order valence-corrected chi connectivity index (χ0v) is 18.3. The van der Waals surface area contributed by atoms with Crippen molar-refractivity contribution in [3.63, 3.8) is 0 Å². The van der Waals surface area contributed by atoms with Gasteiger partial charge in [0.05, 0.1) is 25.4 Å². The summed E-state index contributed by atoms with van der Waals surface area (Å²) in [6.07, 6.45) is 2.82. The van der Waals surface area contributed by atoms with Gasteiger partial charge in [-0.25, -0.2) is 5.01 Å². The molecule has 0 aliphatic carbocycles. The lowest BCUT2D eigenvalue weighted by Crippen LogP contribution is -2.40. The number of hydrogen-bond donors (Lipinski definition) is 0. The van der Waals surface area contributed by atoms with Crippen LogP contribution in [0.5, 0.6) is 5.75 Å². The van der Waals surface area contributed by atoms with Gasteiger partial charge in [0.15, 0.2) is 0 Å². The monoisotopic (exact) mass is 425 g/mol. The summed E-state index contributed by atoms with van der Waals surface area (Å²) in [6, 6.07) is 26.3. The summed E-state index contributed by atoms with van der Waals surface area (Å²) in [5.41, 5.74) is 5.55. The molecule has 1 amide bonds. The van der Waals surface area contributed by atoms with Crippen LogP contribution in [0, 0.1) is 0 Å². The summed E-state index contributed by atoms with van der Waals surface area (Å²) in [5, 5.41) is 6.52. The van der Waals surface area contributed by atoms with Crippen LogP contribution in [-0.4, -0.2) is 36.8 Å². The van der Waals surface area contributed by atoms with Gasteiger partial charge >= 0.3 is 0 Å². The smallest absolute Gasteiger partial charge is 0.262 e. The number of benzene rings is 3. The Morgan fingerprint density at radius 3 is 2.53 bits per heavy atom. The van der Waals surface area contributed by atoms with E-state index in [1.807, 2.05) is 48.5 Å². The molecule has 0 spiro atoms. The molecular formula is C27H27N3O2. The molecule has 2 aliphatic rings. The Morgan fingerprint density at radius 1 is 1.00 bits per heavy atom. The molecule has 5 heteroatoms. The summed E-state index contributed by atoms with van der Waals surface area (Å²) in [6.45, 7) is 1.22. The van der Waals surface area contributed by atoms with Crippen LogP contribution in [0.15, 0.2) is 84.0 Å². The van der Waals surface area contributed by atoms with E-state index in [0.717, 1.165) is 42.0 Å². The van der Waals surface area contributed by atoms with Gasteiger partial charge in [-0.1, -0.05) is 60.7 Å². The number of methoxy groups -OCH3 is 1. The SMILES string of the molecule is COc1ccc(C2CC(c3ccccc3)=NN2C(=O)CN2CCCc3ccccc32)cc1. The maximum absolute atomic E-state index is 13.6. The minimum atomic E-state index is -0.122. The van der Waals surface area contributed by atoms with Gasteiger partial charge in [0.1, 0.15) is 5.75 Å². The standard InChI is InChI=1S/C27H27N3O2/c1-32-23-15-13-22(14-16-23)26-18-24(20-8-3-2-4-9-20)28-30(26)27(31)19-29-17-7-11-21-10-5-6-12-25(21)29/h2-6,8-10,12-16,26H,7,11,17-19H2,1H3. The molecular weight excluding hydrogens is 398 g/mol. The molecule has 0 radical (unpaired) electrons. The van der Waals surface area contributed by atoms with Crippen molar-refractivity contribution in [2.45, 2.75) is 25.3 Å². The van der Waals surface area contributed by atoms with Crippen LogP contribution < -0.4 is 9.64 Å². The fourth-order valence-electron chi connectivity index (χ4n) is 4.64. The molecule has 32 heavy (non-hydrogen) atoms. The van der Waals surface area contributed by atoms with Crippen LogP contribution in [0.3, 0.4) is 0 Å². The highest BCUT2D eigenvalue weighted by Gasteiger charge is 2.34. The van der Waals surface area contributed by atoms with Crippen LogP contribution in [0.25, 0.3) is 0 Å². The van der Waals surface area contributed by atoms with Gasteiger partial charge in [0.2, 0.25) is 0 Å². The second-order valence-corrected chi connectivity index (χ2v) is 8.30. The van der Waals surface area contributed by atoms with Crippen molar-refractivity contribution in [2.24, 2.45) is 5.10 Å². The van der Waals surface area contributed by atoms with E-state index in [-0.39, 0.29) is 11.9 Å². The molecule has 0 saturated heterocycles. The fourth-order valence-corrected chi connectivity index (χ4v) is 4.64. The predicted molar refractivity (Wildman–Crippen MR) is 127 cm³/mol. The third-order valence-electron chi connectivity index (χ3n) is 6.31. The fraction of sp³-hybridized carbons (Fsp3) is 0.259. The normalized spacial score (nSPS) is 17.7. The molecule has 0 fully saturated rings. The molecule has 0 bridgehead atoms. The lowest BCUT2D eigenvalue weighted by Gasteiger charge is -2.32. The van der Waals surface area contributed by atoms with Crippen LogP contribution in [0.1, 0.15) is 35.6 Å². The highest BCUT2D eigenvalue weighted by atomic mass is 16.5. The molecule has 162 valence electrons. The van der Waals surface area contributed by atoms with Gasteiger partial charge in [-0.2, -0.15) is 5.10 Å². The maximum Gasteiger partial charge on any atom is 0.262 e. The predicted octanol–water partition coefficient (Wildman–Crippen LogP) is 4.83. The van der Waals surface area contributed by atoms with E-state index in [1.165, 1.54) is 11.3 Å².